The van der Waals surface area contributed by atoms with Crippen LogP contribution in [0, 0.1) is 0 Å². The smallest absolute Gasteiger partial charge is 0.0508 e. The molecule has 0 N–H and O–H groups in total. The fourth-order valence-corrected chi connectivity index (χ4v) is 3.55. The number of hydrogen-bond donors (Lipinski definition) is 0. The molecule has 0 aliphatic carbocycles. The van der Waals surface area contributed by atoms with E-state index in [0.29, 0.717) is 0 Å². The third kappa shape index (κ3) is 11.1. The van der Waals surface area contributed by atoms with Gasteiger partial charge in [-0.2, -0.15) is 0 Å². The van der Waals surface area contributed by atoms with Gasteiger partial charge < -0.3 is 4.90 Å². The van der Waals surface area contributed by atoms with Gasteiger partial charge in [-0.3, -0.25) is 0 Å². The van der Waals surface area contributed by atoms with E-state index in [1.54, 1.807) is 0 Å². The van der Waals surface area contributed by atoms with Crippen LogP contribution < -0.4 is 4.90 Å². The highest BCUT2D eigenvalue weighted by Crippen LogP contribution is 2.36. The van der Waals surface area contributed by atoms with Gasteiger partial charge in [0.25, 0.3) is 0 Å². The Morgan fingerprint density at radius 2 is 1.07 bits per heavy atom. The quantitative estimate of drug-likeness (QED) is 0.515. The number of rotatable bonds is 3. The van der Waals surface area contributed by atoms with Gasteiger partial charge in [0.15, 0.2) is 0 Å². The molecule has 0 amide bonds. The minimum atomic E-state index is 1.20. The molecule has 2 heteroatoms. The zero-order chi connectivity index (χ0) is 20.9. The van der Waals surface area contributed by atoms with Crippen LogP contribution in [-0.2, 0) is 0 Å². The highest BCUT2D eigenvalue weighted by atomic mass is 32.2. The van der Waals surface area contributed by atoms with Gasteiger partial charge in [-0.05, 0) is 43.5 Å². The largest absolute Gasteiger partial charge is 0.371 e. The summed E-state index contributed by atoms with van der Waals surface area (Å²) in [5.41, 5.74) is 1.40. The summed E-state index contributed by atoms with van der Waals surface area (Å²) in [7, 11) is 0. The molecular weight excluding hydrogens is 346 g/mol. The van der Waals surface area contributed by atoms with E-state index in [4.69, 9.17) is 0 Å². The van der Waals surface area contributed by atoms with Crippen LogP contribution >= 0.6 is 11.8 Å². The van der Waals surface area contributed by atoms with Crippen molar-refractivity contribution in [1.82, 2.24) is 0 Å². The molecule has 1 nitrogen and oxygen atoms in total. The second kappa shape index (κ2) is 20.9. The monoisotopic (exact) mass is 389 g/mol. The second-order valence-corrected chi connectivity index (χ2v) is 6.05. The highest BCUT2D eigenvalue weighted by molar-refractivity contribution is 7.99. The van der Waals surface area contributed by atoms with Crippen LogP contribution in [0.15, 0.2) is 64.4 Å². The summed E-state index contributed by atoms with van der Waals surface area (Å²) in [6, 6.07) is 19.4. The van der Waals surface area contributed by atoms with E-state index in [-0.39, 0.29) is 0 Å². The topological polar surface area (TPSA) is 3.24 Å². The molecule has 0 saturated carbocycles. The third-order valence-electron chi connectivity index (χ3n) is 3.53. The van der Waals surface area contributed by atoms with E-state index in [1.807, 2.05) is 67.2 Å². The third-order valence-corrected chi connectivity index (χ3v) is 4.61. The lowest BCUT2D eigenvalue weighted by molar-refractivity contribution is 0.575. The van der Waals surface area contributed by atoms with Crippen molar-refractivity contribution < 1.29 is 0 Å². The Balaban J connectivity index is 0. The maximum atomic E-state index is 2.54. The number of piperidine rings is 1. The Bertz CT molecular complexity index is 519. The van der Waals surface area contributed by atoms with Crippen molar-refractivity contribution in [3.05, 3.63) is 54.6 Å². The van der Waals surface area contributed by atoms with Crippen molar-refractivity contribution in [2.45, 2.75) is 84.4 Å². The molecule has 0 bridgehead atoms. The molecule has 0 spiro atoms. The first kappa shape index (κ1) is 27.8. The van der Waals surface area contributed by atoms with E-state index in [2.05, 4.69) is 59.5 Å². The molecule has 0 atom stereocenters. The normalized spacial score (nSPS) is 11.8. The minimum absolute atomic E-state index is 1.20. The Morgan fingerprint density at radius 3 is 1.63 bits per heavy atom. The fourth-order valence-electron chi connectivity index (χ4n) is 2.56. The molecular formula is C25H43NS. The van der Waals surface area contributed by atoms with Gasteiger partial charge in [0.1, 0.15) is 0 Å². The summed E-state index contributed by atoms with van der Waals surface area (Å²) in [4.78, 5) is 5.22. The summed E-state index contributed by atoms with van der Waals surface area (Å²) in [6.07, 6.45) is 4.03. The van der Waals surface area contributed by atoms with Crippen LogP contribution in [0.4, 0.5) is 5.69 Å². The van der Waals surface area contributed by atoms with Crippen LogP contribution in [0.3, 0.4) is 0 Å². The van der Waals surface area contributed by atoms with Crippen LogP contribution in [-0.4, -0.2) is 13.1 Å². The van der Waals surface area contributed by atoms with Crippen molar-refractivity contribution in [2.24, 2.45) is 0 Å². The fraction of sp³-hybridized carbons (Fsp3) is 0.520. The lowest BCUT2D eigenvalue weighted by Gasteiger charge is -2.30. The number of nitrogens with zero attached hydrogens (tertiary/aromatic N) is 1. The summed E-state index contributed by atoms with van der Waals surface area (Å²) < 4.78 is 0. The highest BCUT2D eigenvalue weighted by Gasteiger charge is 2.14. The minimum Gasteiger partial charge on any atom is -0.371 e. The summed E-state index contributed by atoms with van der Waals surface area (Å²) in [6.45, 7) is 18.4. The average Bonchev–Trinajstić information content (AvgIpc) is 2.81. The van der Waals surface area contributed by atoms with Crippen molar-refractivity contribution in [1.29, 1.82) is 0 Å². The summed E-state index contributed by atoms with van der Waals surface area (Å²) >= 11 is 1.87. The zero-order valence-corrected chi connectivity index (χ0v) is 19.9. The molecule has 2 aromatic rings. The van der Waals surface area contributed by atoms with E-state index in [1.165, 1.54) is 47.8 Å². The molecule has 1 aliphatic heterocycles. The van der Waals surface area contributed by atoms with Gasteiger partial charge in [-0.15, -0.1) is 0 Å². The van der Waals surface area contributed by atoms with E-state index in [0.717, 1.165) is 0 Å². The molecule has 2 aromatic carbocycles. The maximum absolute atomic E-state index is 2.54. The Labute approximate surface area is 174 Å². The number of benzene rings is 2. The standard InChI is InChI=1S/C17H19NS.4C2H6/c1-3-9-15(10-4-1)19-17-12-6-5-11-16(17)18-13-7-2-8-14-18;4*1-2/h1,3-6,9-12H,2,7-8,13-14H2;4*1-2H3. The molecule has 1 heterocycles. The molecule has 3 rings (SSSR count). The van der Waals surface area contributed by atoms with Crippen LogP contribution in [0.2, 0.25) is 0 Å². The van der Waals surface area contributed by atoms with Crippen LogP contribution in [0.1, 0.15) is 74.7 Å². The van der Waals surface area contributed by atoms with Crippen LogP contribution in [0.5, 0.6) is 0 Å². The number of para-hydroxylation sites is 1. The Kier molecular flexibility index (Phi) is 21.5. The SMILES string of the molecule is CC.CC.CC.CC.c1ccc(Sc2ccccc2N2CCCCC2)cc1. The van der Waals surface area contributed by atoms with Gasteiger partial charge in [-0.1, -0.05) is 97.5 Å². The first-order chi connectivity index (χ1) is 13.4. The molecule has 154 valence electrons. The molecule has 1 aliphatic rings. The van der Waals surface area contributed by atoms with Crippen molar-refractivity contribution in [3.63, 3.8) is 0 Å². The van der Waals surface area contributed by atoms with E-state index < -0.39 is 0 Å². The Hall–Kier alpha value is -1.41. The van der Waals surface area contributed by atoms with Gasteiger partial charge >= 0.3 is 0 Å². The molecule has 1 fully saturated rings. The van der Waals surface area contributed by atoms with Gasteiger partial charge in [0.2, 0.25) is 0 Å². The Morgan fingerprint density at radius 1 is 0.593 bits per heavy atom. The molecule has 0 aromatic heterocycles. The van der Waals surface area contributed by atoms with Gasteiger partial charge in [0, 0.05) is 22.9 Å². The number of anilines is 1. The molecule has 1 saturated heterocycles. The van der Waals surface area contributed by atoms with E-state index >= 15 is 0 Å². The molecule has 27 heavy (non-hydrogen) atoms. The zero-order valence-electron chi connectivity index (χ0n) is 19.1. The van der Waals surface area contributed by atoms with Crippen LogP contribution in [0.25, 0.3) is 0 Å². The maximum Gasteiger partial charge on any atom is 0.0508 e. The number of hydrogen-bond acceptors (Lipinski definition) is 2. The first-order valence-electron chi connectivity index (χ1n) is 11.0. The first-order valence-corrected chi connectivity index (χ1v) is 11.8. The van der Waals surface area contributed by atoms with Crippen molar-refractivity contribution in [2.75, 3.05) is 18.0 Å². The summed E-state index contributed by atoms with van der Waals surface area (Å²) in [5.74, 6) is 0. The lowest BCUT2D eigenvalue weighted by Crippen LogP contribution is -2.29. The van der Waals surface area contributed by atoms with Crippen molar-refractivity contribution in [3.8, 4) is 0 Å². The predicted octanol–water partition coefficient (Wildman–Crippen LogP) is 8.93. The van der Waals surface area contributed by atoms with E-state index in [9.17, 15) is 0 Å². The lowest BCUT2D eigenvalue weighted by atomic mass is 10.1. The molecule has 0 unspecified atom stereocenters. The molecule has 0 radical (unpaired) electrons. The van der Waals surface area contributed by atoms with Crippen molar-refractivity contribution >= 4 is 17.4 Å². The summed E-state index contributed by atoms with van der Waals surface area (Å²) in [5, 5.41) is 0. The van der Waals surface area contributed by atoms with Gasteiger partial charge in [0.05, 0.1) is 5.69 Å². The average molecular weight is 390 g/mol. The second-order valence-electron chi connectivity index (χ2n) is 4.93. The van der Waals surface area contributed by atoms with Gasteiger partial charge in [-0.25, -0.2) is 0 Å². The predicted molar refractivity (Wildman–Crippen MR) is 128 cm³/mol.